The van der Waals surface area contributed by atoms with Gasteiger partial charge in [0.15, 0.2) is 5.65 Å². The second-order valence-corrected chi connectivity index (χ2v) is 10.00. The Labute approximate surface area is 182 Å². The average molecular weight is 447 g/mol. The van der Waals surface area contributed by atoms with Crippen molar-refractivity contribution in [3.63, 3.8) is 0 Å². The van der Waals surface area contributed by atoms with Gasteiger partial charge in [0.05, 0.1) is 21.8 Å². The summed E-state index contributed by atoms with van der Waals surface area (Å²) >= 11 is 7.42. The van der Waals surface area contributed by atoms with Crippen molar-refractivity contribution in [3.05, 3.63) is 59.5 Å². The first-order chi connectivity index (χ1) is 14.2. The molecule has 1 fully saturated rings. The van der Waals surface area contributed by atoms with E-state index in [1.807, 2.05) is 19.9 Å². The molecular weight excluding hydrogens is 424 g/mol. The third kappa shape index (κ3) is 4.06. The number of carbonyl (C=O) groups is 1. The van der Waals surface area contributed by atoms with Crippen molar-refractivity contribution in [2.45, 2.75) is 45.7 Å². The number of fused-ring (bicyclic) bond motifs is 1. The van der Waals surface area contributed by atoms with E-state index in [0.29, 0.717) is 17.4 Å². The summed E-state index contributed by atoms with van der Waals surface area (Å²) in [7, 11) is 1.69. The summed E-state index contributed by atoms with van der Waals surface area (Å²) in [5.41, 5.74) is 0.256. The van der Waals surface area contributed by atoms with Gasteiger partial charge in [-0.25, -0.2) is 9.78 Å². The molecular formula is C21H23ClN4O3S. The normalized spacial score (nSPS) is 13.9. The molecule has 3 heterocycles. The van der Waals surface area contributed by atoms with Crippen molar-refractivity contribution in [2.24, 2.45) is 5.92 Å². The number of aromatic amines is 1. The van der Waals surface area contributed by atoms with Gasteiger partial charge >= 0.3 is 5.69 Å². The summed E-state index contributed by atoms with van der Waals surface area (Å²) in [5, 5.41) is 0.167. The standard InChI is InChI=1S/C21H23ClN4O3S/c1-11(2)9-26-18-17(19(27)24-21(26)29)14(8-15(23-18)12-4-5-12)20(28)25(3)10-13-6-7-16(22)30-13/h6-8,11-12H,4-5,9-10H2,1-3H3,(H,24,27,29). The fourth-order valence-electron chi connectivity index (χ4n) is 3.53. The predicted octanol–water partition coefficient (Wildman–Crippen LogP) is 3.61. The van der Waals surface area contributed by atoms with Crippen LogP contribution >= 0.6 is 22.9 Å². The Balaban J connectivity index is 1.86. The lowest BCUT2D eigenvalue weighted by Gasteiger charge is -2.19. The summed E-state index contributed by atoms with van der Waals surface area (Å²) in [6, 6.07) is 5.39. The molecule has 0 atom stereocenters. The van der Waals surface area contributed by atoms with Crippen molar-refractivity contribution >= 4 is 39.9 Å². The lowest BCUT2D eigenvalue weighted by molar-refractivity contribution is 0.0788. The fourth-order valence-corrected chi connectivity index (χ4v) is 4.67. The number of carbonyl (C=O) groups excluding carboxylic acids is 1. The van der Waals surface area contributed by atoms with Gasteiger partial charge in [-0.1, -0.05) is 25.4 Å². The number of aromatic nitrogens is 3. The number of rotatable bonds is 6. The topological polar surface area (TPSA) is 88.1 Å². The highest BCUT2D eigenvalue weighted by atomic mass is 35.5. The van der Waals surface area contributed by atoms with Gasteiger partial charge in [-0.05, 0) is 37.0 Å². The van der Waals surface area contributed by atoms with Crippen LogP contribution < -0.4 is 11.2 Å². The van der Waals surface area contributed by atoms with Crippen LogP contribution in [0.1, 0.15) is 53.5 Å². The van der Waals surface area contributed by atoms with E-state index in [1.165, 1.54) is 15.9 Å². The number of halogens is 1. The Kier molecular flexibility index (Phi) is 5.55. The number of H-pyrrole nitrogens is 1. The minimum atomic E-state index is -0.583. The number of nitrogens with one attached hydrogen (secondary N) is 1. The lowest BCUT2D eigenvalue weighted by Crippen LogP contribution is -2.34. The Morgan fingerprint density at radius 1 is 1.37 bits per heavy atom. The van der Waals surface area contributed by atoms with Crippen LogP contribution in [0.25, 0.3) is 11.0 Å². The Morgan fingerprint density at radius 2 is 2.10 bits per heavy atom. The van der Waals surface area contributed by atoms with Crippen LogP contribution in [-0.2, 0) is 13.1 Å². The van der Waals surface area contributed by atoms with E-state index in [2.05, 4.69) is 9.97 Å². The molecule has 1 saturated carbocycles. The summed E-state index contributed by atoms with van der Waals surface area (Å²) in [6.07, 6.45) is 1.99. The highest BCUT2D eigenvalue weighted by Gasteiger charge is 2.29. The summed E-state index contributed by atoms with van der Waals surface area (Å²) < 4.78 is 2.13. The van der Waals surface area contributed by atoms with Crippen LogP contribution in [0.2, 0.25) is 4.34 Å². The molecule has 1 aliphatic carbocycles. The second kappa shape index (κ2) is 8.00. The van der Waals surface area contributed by atoms with Crippen molar-refractivity contribution in [1.82, 2.24) is 19.4 Å². The second-order valence-electron chi connectivity index (χ2n) is 8.20. The van der Waals surface area contributed by atoms with E-state index in [0.717, 1.165) is 23.4 Å². The molecule has 9 heteroatoms. The molecule has 158 valence electrons. The van der Waals surface area contributed by atoms with Gasteiger partial charge in [-0.2, -0.15) is 0 Å². The van der Waals surface area contributed by atoms with Crippen LogP contribution in [0.4, 0.5) is 0 Å². The van der Waals surface area contributed by atoms with Gasteiger partial charge in [0, 0.05) is 30.1 Å². The maximum Gasteiger partial charge on any atom is 0.330 e. The predicted molar refractivity (Wildman–Crippen MR) is 119 cm³/mol. The van der Waals surface area contributed by atoms with E-state index in [-0.39, 0.29) is 34.3 Å². The van der Waals surface area contributed by atoms with E-state index >= 15 is 0 Å². The zero-order valence-electron chi connectivity index (χ0n) is 17.1. The zero-order chi connectivity index (χ0) is 21.6. The molecule has 3 aromatic heterocycles. The number of hydrogen-bond donors (Lipinski definition) is 1. The van der Waals surface area contributed by atoms with Gasteiger partial charge < -0.3 is 4.90 Å². The number of hydrogen-bond acceptors (Lipinski definition) is 5. The maximum atomic E-state index is 13.4. The average Bonchev–Trinajstić information content (AvgIpc) is 3.46. The molecule has 1 N–H and O–H groups in total. The molecule has 4 rings (SSSR count). The van der Waals surface area contributed by atoms with Crippen molar-refractivity contribution in [3.8, 4) is 0 Å². The van der Waals surface area contributed by atoms with Crippen LogP contribution in [0.15, 0.2) is 27.8 Å². The molecule has 0 saturated heterocycles. The molecule has 30 heavy (non-hydrogen) atoms. The zero-order valence-corrected chi connectivity index (χ0v) is 18.6. The molecule has 1 amide bonds. The summed E-state index contributed by atoms with van der Waals surface area (Å²) in [4.78, 5) is 48.1. The molecule has 0 aliphatic heterocycles. The first-order valence-electron chi connectivity index (χ1n) is 9.92. The molecule has 0 unspecified atom stereocenters. The van der Waals surface area contributed by atoms with Gasteiger partial charge in [0.1, 0.15) is 0 Å². The Hall–Kier alpha value is -2.45. The van der Waals surface area contributed by atoms with E-state index in [9.17, 15) is 14.4 Å². The van der Waals surface area contributed by atoms with Gasteiger partial charge in [0.2, 0.25) is 0 Å². The van der Waals surface area contributed by atoms with Crippen LogP contribution in [-0.4, -0.2) is 32.4 Å². The fraction of sp³-hybridized carbons (Fsp3) is 0.429. The molecule has 3 aromatic rings. The highest BCUT2D eigenvalue weighted by Crippen LogP contribution is 2.40. The number of pyridine rings is 1. The third-order valence-electron chi connectivity index (χ3n) is 5.11. The third-order valence-corrected chi connectivity index (χ3v) is 6.33. The van der Waals surface area contributed by atoms with Gasteiger partial charge in [0.25, 0.3) is 11.5 Å². The van der Waals surface area contributed by atoms with E-state index in [1.54, 1.807) is 24.1 Å². The van der Waals surface area contributed by atoms with Gasteiger partial charge in [-0.15, -0.1) is 11.3 Å². The minimum absolute atomic E-state index is 0.167. The van der Waals surface area contributed by atoms with Crippen LogP contribution in [0.5, 0.6) is 0 Å². The van der Waals surface area contributed by atoms with Gasteiger partial charge in [-0.3, -0.25) is 19.1 Å². The quantitative estimate of drug-likeness (QED) is 0.626. The Bertz CT molecular complexity index is 1240. The Morgan fingerprint density at radius 3 is 2.70 bits per heavy atom. The van der Waals surface area contributed by atoms with Crippen molar-refractivity contribution in [1.29, 1.82) is 0 Å². The number of thiophene rings is 1. The minimum Gasteiger partial charge on any atom is -0.337 e. The smallest absolute Gasteiger partial charge is 0.330 e. The monoisotopic (exact) mass is 446 g/mol. The first kappa shape index (κ1) is 20.8. The maximum absolute atomic E-state index is 13.4. The SMILES string of the molecule is CC(C)Cn1c(=O)[nH]c(=O)c2c(C(=O)N(C)Cc3ccc(Cl)s3)cc(C3CC3)nc21. The van der Waals surface area contributed by atoms with E-state index in [4.69, 9.17) is 11.6 Å². The molecule has 7 nitrogen and oxygen atoms in total. The number of nitrogens with zero attached hydrogens (tertiary/aromatic N) is 3. The molecule has 0 spiro atoms. The van der Waals surface area contributed by atoms with Crippen LogP contribution in [0, 0.1) is 5.92 Å². The number of amides is 1. The highest BCUT2D eigenvalue weighted by molar-refractivity contribution is 7.16. The van der Waals surface area contributed by atoms with Crippen molar-refractivity contribution < 1.29 is 4.79 Å². The summed E-state index contributed by atoms with van der Waals surface area (Å²) in [5.74, 6) is 0.159. The largest absolute Gasteiger partial charge is 0.337 e. The molecule has 1 aliphatic rings. The van der Waals surface area contributed by atoms with Crippen molar-refractivity contribution in [2.75, 3.05) is 7.05 Å². The molecule has 0 aromatic carbocycles. The lowest BCUT2D eigenvalue weighted by atomic mass is 10.1. The molecule has 0 bridgehead atoms. The van der Waals surface area contributed by atoms with E-state index < -0.39 is 11.2 Å². The molecule has 0 radical (unpaired) electrons. The van der Waals surface area contributed by atoms with Crippen LogP contribution in [0.3, 0.4) is 0 Å². The summed E-state index contributed by atoms with van der Waals surface area (Å²) in [6.45, 7) is 4.76. The first-order valence-corrected chi connectivity index (χ1v) is 11.1.